The van der Waals surface area contributed by atoms with Gasteiger partial charge in [0, 0.05) is 12.2 Å². The van der Waals surface area contributed by atoms with Crippen molar-refractivity contribution in [3.05, 3.63) is 90.0 Å². The zero-order chi connectivity index (χ0) is 26.2. The van der Waals surface area contributed by atoms with Crippen LogP contribution in [0.1, 0.15) is 30.9 Å². The van der Waals surface area contributed by atoms with Gasteiger partial charge in [-0.2, -0.15) is 0 Å². The second-order valence-electron chi connectivity index (χ2n) is 8.81. The van der Waals surface area contributed by atoms with Crippen molar-refractivity contribution in [2.24, 2.45) is 0 Å². The highest BCUT2D eigenvalue weighted by molar-refractivity contribution is 7.80. The van der Waals surface area contributed by atoms with Crippen LogP contribution in [-0.4, -0.2) is 46.5 Å². The first-order valence-electron chi connectivity index (χ1n) is 12.3. The molecule has 1 heterocycles. The van der Waals surface area contributed by atoms with Crippen LogP contribution in [0, 0.1) is 0 Å². The molecule has 8 heteroatoms. The maximum Gasteiger partial charge on any atom is 0.252 e. The topological polar surface area (TPSA) is 71.1 Å². The number of rotatable bonds is 11. The Balaban J connectivity index is 1.50. The van der Waals surface area contributed by atoms with Crippen molar-refractivity contribution in [3.8, 4) is 11.5 Å². The molecule has 0 saturated carbocycles. The SMILES string of the molecule is CCCOc1ccc(NC(=O)C[C@@H]2C(=O)N(Cc3ccccc3)C(=S)N2Cc2ccc(OC)cc2)cc1. The van der Waals surface area contributed by atoms with Crippen LogP contribution < -0.4 is 14.8 Å². The second kappa shape index (κ2) is 12.4. The summed E-state index contributed by atoms with van der Waals surface area (Å²) >= 11 is 5.76. The summed E-state index contributed by atoms with van der Waals surface area (Å²) in [7, 11) is 1.62. The third kappa shape index (κ3) is 6.65. The summed E-state index contributed by atoms with van der Waals surface area (Å²) in [5, 5.41) is 3.32. The molecule has 1 fully saturated rings. The summed E-state index contributed by atoms with van der Waals surface area (Å²) in [5.74, 6) is 1.06. The molecule has 3 aromatic rings. The van der Waals surface area contributed by atoms with Crippen LogP contribution >= 0.6 is 12.2 Å². The van der Waals surface area contributed by atoms with Gasteiger partial charge < -0.3 is 19.7 Å². The van der Waals surface area contributed by atoms with E-state index in [1.165, 1.54) is 0 Å². The fourth-order valence-electron chi connectivity index (χ4n) is 4.15. The predicted octanol–water partition coefficient (Wildman–Crippen LogP) is 5.01. The molecule has 0 aromatic heterocycles. The number of carbonyl (C=O) groups excluding carboxylic acids is 2. The summed E-state index contributed by atoms with van der Waals surface area (Å²) in [6.45, 7) is 3.44. The van der Waals surface area contributed by atoms with Gasteiger partial charge in [0.15, 0.2) is 5.11 Å². The first-order chi connectivity index (χ1) is 18.0. The van der Waals surface area contributed by atoms with Crippen LogP contribution in [0.5, 0.6) is 11.5 Å². The summed E-state index contributed by atoms with van der Waals surface area (Å²) in [6, 6.07) is 23.8. The lowest BCUT2D eigenvalue weighted by Gasteiger charge is -2.24. The van der Waals surface area contributed by atoms with Crippen LogP contribution in [0.2, 0.25) is 0 Å². The highest BCUT2D eigenvalue weighted by Gasteiger charge is 2.43. The largest absolute Gasteiger partial charge is 0.497 e. The summed E-state index contributed by atoms with van der Waals surface area (Å²) in [5.41, 5.74) is 2.58. The van der Waals surface area contributed by atoms with Gasteiger partial charge >= 0.3 is 0 Å². The van der Waals surface area contributed by atoms with Gasteiger partial charge in [0.25, 0.3) is 5.91 Å². The normalized spacial score (nSPS) is 15.1. The number of methoxy groups -OCH3 is 1. The fraction of sp³-hybridized carbons (Fsp3) is 0.276. The molecule has 0 aliphatic carbocycles. The van der Waals surface area contributed by atoms with Crippen LogP contribution in [0.25, 0.3) is 0 Å². The number of thiocarbonyl (C=S) groups is 1. The molecule has 2 amide bonds. The summed E-state index contributed by atoms with van der Waals surface area (Å²) in [6.07, 6.45) is 0.901. The van der Waals surface area contributed by atoms with Crippen LogP contribution in [-0.2, 0) is 22.7 Å². The molecular formula is C29H31N3O4S. The van der Waals surface area contributed by atoms with Crippen LogP contribution in [0.15, 0.2) is 78.9 Å². The number of hydrogen-bond acceptors (Lipinski definition) is 5. The van der Waals surface area contributed by atoms with E-state index < -0.39 is 6.04 Å². The molecule has 0 unspecified atom stereocenters. The van der Waals surface area contributed by atoms with E-state index in [4.69, 9.17) is 21.7 Å². The first kappa shape index (κ1) is 26.2. The zero-order valence-corrected chi connectivity index (χ0v) is 21.9. The Morgan fingerprint density at radius 3 is 2.22 bits per heavy atom. The number of amides is 2. The van der Waals surface area contributed by atoms with Crippen LogP contribution in [0.4, 0.5) is 5.69 Å². The van der Waals surface area contributed by atoms with Crippen molar-refractivity contribution < 1.29 is 19.1 Å². The highest BCUT2D eigenvalue weighted by atomic mass is 32.1. The van der Waals surface area contributed by atoms with Gasteiger partial charge in [0.2, 0.25) is 5.91 Å². The minimum absolute atomic E-state index is 0.0193. The molecule has 4 rings (SSSR count). The van der Waals surface area contributed by atoms with Crippen molar-refractivity contribution in [3.63, 3.8) is 0 Å². The zero-order valence-electron chi connectivity index (χ0n) is 21.1. The molecule has 7 nitrogen and oxygen atoms in total. The average molecular weight is 518 g/mol. The van der Waals surface area contributed by atoms with Gasteiger partial charge in [-0.1, -0.05) is 49.4 Å². The summed E-state index contributed by atoms with van der Waals surface area (Å²) in [4.78, 5) is 30.0. The Labute approximate surface area is 223 Å². The molecule has 192 valence electrons. The number of nitrogens with one attached hydrogen (secondary N) is 1. The van der Waals surface area contributed by atoms with Gasteiger partial charge in [-0.3, -0.25) is 14.5 Å². The molecular weight excluding hydrogens is 486 g/mol. The van der Waals surface area contributed by atoms with Crippen molar-refractivity contribution in [1.82, 2.24) is 9.80 Å². The number of anilines is 1. The quantitative estimate of drug-likeness (QED) is 0.361. The van der Waals surface area contributed by atoms with Crippen molar-refractivity contribution >= 4 is 34.8 Å². The lowest BCUT2D eigenvalue weighted by molar-refractivity contribution is -0.131. The van der Waals surface area contributed by atoms with Gasteiger partial charge in [-0.05, 0) is 66.2 Å². The number of hydrogen-bond donors (Lipinski definition) is 1. The smallest absolute Gasteiger partial charge is 0.252 e. The van der Waals surface area contributed by atoms with Gasteiger partial charge in [0.1, 0.15) is 17.5 Å². The van der Waals surface area contributed by atoms with Gasteiger partial charge in [-0.15, -0.1) is 0 Å². The third-order valence-corrected chi connectivity index (χ3v) is 6.54. The summed E-state index contributed by atoms with van der Waals surface area (Å²) < 4.78 is 10.9. The Morgan fingerprint density at radius 2 is 1.57 bits per heavy atom. The average Bonchev–Trinajstić information content (AvgIpc) is 3.13. The maximum absolute atomic E-state index is 13.5. The molecule has 1 saturated heterocycles. The monoisotopic (exact) mass is 517 g/mol. The van der Waals surface area contributed by atoms with E-state index in [0.29, 0.717) is 30.5 Å². The fourth-order valence-corrected chi connectivity index (χ4v) is 4.50. The van der Waals surface area contributed by atoms with Crippen molar-refractivity contribution in [2.75, 3.05) is 19.0 Å². The number of ether oxygens (including phenoxy) is 2. The molecule has 0 bridgehead atoms. The Kier molecular flexibility index (Phi) is 8.74. The number of benzene rings is 3. The van der Waals surface area contributed by atoms with Crippen molar-refractivity contribution in [1.29, 1.82) is 0 Å². The van der Waals surface area contributed by atoms with E-state index in [1.807, 2.05) is 78.6 Å². The van der Waals surface area contributed by atoms with E-state index in [2.05, 4.69) is 5.32 Å². The molecule has 1 aliphatic rings. The van der Waals surface area contributed by atoms with Gasteiger partial charge in [-0.25, -0.2) is 0 Å². The van der Waals surface area contributed by atoms with E-state index in [0.717, 1.165) is 29.0 Å². The Morgan fingerprint density at radius 1 is 0.919 bits per heavy atom. The molecule has 37 heavy (non-hydrogen) atoms. The van der Waals surface area contributed by atoms with E-state index in [-0.39, 0.29) is 18.2 Å². The first-order valence-corrected chi connectivity index (χ1v) is 12.7. The highest BCUT2D eigenvalue weighted by Crippen LogP contribution is 2.26. The maximum atomic E-state index is 13.5. The molecule has 1 atom stereocenters. The third-order valence-electron chi connectivity index (χ3n) is 6.09. The second-order valence-corrected chi connectivity index (χ2v) is 9.17. The van der Waals surface area contributed by atoms with E-state index in [1.54, 1.807) is 24.1 Å². The van der Waals surface area contributed by atoms with Gasteiger partial charge in [0.05, 0.1) is 26.7 Å². The lowest BCUT2D eigenvalue weighted by atomic mass is 10.1. The Hall–Kier alpha value is -3.91. The molecule has 1 aliphatic heterocycles. The van der Waals surface area contributed by atoms with Crippen LogP contribution in [0.3, 0.4) is 0 Å². The van der Waals surface area contributed by atoms with E-state index in [9.17, 15) is 9.59 Å². The minimum Gasteiger partial charge on any atom is -0.497 e. The number of nitrogens with zero attached hydrogens (tertiary/aromatic N) is 2. The molecule has 3 aromatic carbocycles. The molecule has 0 spiro atoms. The number of carbonyl (C=O) groups is 2. The predicted molar refractivity (Wildman–Crippen MR) is 147 cm³/mol. The van der Waals surface area contributed by atoms with Crippen molar-refractivity contribution in [2.45, 2.75) is 38.9 Å². The van der Waals surface area contributed by atoms with E-state index >= 15 is 0 Å². The molecule has 1 N–H and O–H groups in total. The standard InChI is InChI=1S/C29H31N3O4S/c1-3-17-36-25-15-11-23(12-16-25)30-27(33)18-26-28(34)32(20-21-7-5-4-6-8-21)29(37)31(26)19-22-9-13-24(35-2)14-10-22/h4-16,26H,3,17-20H2,1-2H3,(H,30,33)/t26-/m1/s1. The Bertz CT molecular complexity index is 1220. The minimum atomic E-state index is -0.703. The molecule has 0 radical (unpaired) electrons. The lowest BCUT2D eigenvalue weighted by Crippen LogP contribution is -2.37.